The average Bonchev–Trinajstić information content (AvgIpc) is 2.64. The maximum atomic E-state index is 12.5. The Morgan fingerprint density at radius 2 is 1.67 bits per heavy atom. The first kappa shape index (κ1) is 19.1. The third kappa shape index (κ3) is 4.94. The van der Waals surface area contributed by atoms with Crippen molar-refractivity contribution < 1.29 is 14.6 Å². The smallest absolute Gasteiger partial charge is 0.259 e. The van der Waals surface area contributed by atoms with Crippen molar-refractivity contribution in [3.63, 3.8) is 0 Å². The van der Waals surface area contributed by atoms with E-state index >= 15 is 0 Å². The number of amides is 1. The molecule has 0 aliphatic rings. The van der Waals surface area contributed by atoms with Crippen molar-refractivity contribution >= 4 is 34.8 Å². The van der Waals surface area contributed by atoms with Gasteiger partial charge in [0.15, 0.2) is 0 Å². The number of hydrogen-bond donors (Lipinski definition) is 2. The molecule has 1 amide bonds. The maximum Gasteiger partial charge on any atom is 0.259 e. The molecular formula is C21H17Cl2NO3. The Hall–Kier alpha value is -2.69. The molecule has 0 saturated heterocycles. The Labute approximate surface area is 167 Å². The number of anilines is 1. The van der Waals surface area contributed by atoms with E-state index in [-0.39, 0.29) is 11.3 Å². The van der Waals surface area contributed by atoms with Gasteiger partial charge >= 0.3 is 0 Å². The van der Waals surface area contributed by atoms with Gasteiger partial charge in [-0.3, -0.25) is 4.79 Å². The van der Waals surface area contributed by atoms with Gasteiger partial charge in [-0.15, -0.1) is 0 Å². The normalized spacial score (nSPS) is 10.5. The van der Waals surface area contributed by atoms with Gasteiger partial charge in [-0.05, 0) is 48.9 Å². The van der Waals surface area contributed by atoms with E-state index in [2.05, 4.69) is 5.32 Å². The molecule has 0 bridgehead atoms. The molecule has 4 nitrogen and oxygen atoms in total. The molecule has 0 unspecified atom stereocenters. The first-order valence-electron chi connectivity index (χ1n) is 8.20. The quantitative estimate of drug-likeness (QED) is 0.564. The molecule has 0 spiro atoms. The number of carbonyl (C=O) groups is 1. The Kier molecular flexibility index (Phi) is 5.89. The van der Waals surface area contributed by atoms with E-state index in [1.54, 1.807) is 18.2 Å². The Balaban J connectivity index is 1.80. The molecule has 0 aliphatic carbocycles. The van der Waals surface area contributed by atoms with Crippen LogP contribution in [-0.2, 0) is 6.61 Å². The second kappa shape index (κ2) is 8.33. The van der Waals surface area contributed by atoms with Crippen LogP contribution < -0.4 is 10.1 Å². The minimum Gasteiger partial charge on any atom is -0.507 e. The summed E-state index contributed by atoms with van der Waals surface area (Å²) in [5.74, 6) is -0.214. The van der Waals surface area contributed by atoms with E-state index in [1.807, 2.05) is 31.2 Å². The van der Waals surface area contributed by atoms with Crippen LogP contribution in [0.5, 0.6) is 11.5 Å². The van der Waals surface area contributed by atoms with Crippen LogP contribution in [0.15, 0.2) is 60.7 Å². The van der Waals surface area contributed by atoms with Crippen molar-refractivity contribution in [1.82, 2.24) is 0 Å². The van der Waals surface area contributed by atoms with Crippen molar-refractivity contribution in [2.75, 3.05) is 5.32 Å². The van der Waals surface area contributed by atoms with E-state index in [4.69, 9.17) is 27.9 Å². The fourth-order valence-corrected chi connectivity index (χ4v) is 2.80. The minimum atomic E-state index is -0.516. The van der Waals surface area contributed by atoms with Crippen LogP contribution in [0.3, 0.4) is 0 Å². The number of aryl methyl sites for hydroxylation is 1. The molecule has 0 fully saturated rings. The van der Waals surface area contributed by atoms with Gasteiger partial charge < -0.3 is 15.2 Å². The summed E-state index contributed by atoms with van der Waals surface area (Å²) in [5, 5.41) is 13.4. The standard InChI is InChI=1S/C21H17Cl2NO3/c1-13-2-4-14(5-3-13)12-27-20-9-7-16(23)11-18(20)24-21(26)17-10-15(22)6-8-19(17)25/h2-11,25H,12H2,1H3,(H,24,26). The molecule has 0 atom stereocenters. The van der Waals surface area contributed by atoms with Gasteiger partial charge in [0.2, 0.25) is 0 Å². The van der Waals surface area contributed by atoms with Crippen LogP contribution in [0.4, 0.5) is 5.69 Å². The summed E-state index contributed by atoms with van der Waals surface area (Å²) in [6.45, 7) is 2.36. The van der Waals surface area contributed by atoms with Gasteiger partial charge in [0.05, 0.1) is 11.3 Å². The average molecular weight is 402 g/mol. The summed E-state index contributed by atoms with van der Waals surface area (Å²) in [6.07, 6.45) is 0. The second-order valence-electron chi connectivity index (χ2n) is 6.03. The van der Waals surface area contributed by atoms with Gasteiger partial charge in [-0.2, -0.15) is 0 Å². The number of halogens is 2. The number of aromatic hydroxyl groups is 1. The summed E-state index contributed by atoms with van der Waals surface area (Å²) in [5.41, 5.74) is 2.63. The first-order valence-corrected chi connectivity index (χ1v) is 8.96. The summed E-state index contributed by atoms with van der Waals surface area (Å²) in [7, 11) is 0. The van der Waals surface area contributed by atoms with Crippen molar-refractivity contribution in [3.05, 3.63) is 87.4 Å². The predicted molar refractivity (Wildman–Crippen MR) is 108 cm³/mol. The van der Waals surface area contributed by atoms with E-state index in [0.717, 1.165) is 5.56 Å². The molecule has 0 radical (unpaired) electrons. The highest BCUT2D eigenvalue weighted by atomic mass is 35.5. The van der Waals surface area contributed by atoms with Crippen molar-refractivity contribution in [1.29, 1.82) is 0 Å². The summed E-state index contributed by atoms with van der Waals surface area (Å²) < 4.78 is 5.85. The molecule has 3 aromatic rings. The molecule has 2 N–H and O–H groups in total. The lowest BCUT2D eigenvalue weighted by Gasteiger charge is -2.14. The Morgan fingerprint density at radius 1 is 1.00 bits per heavy atom. The molecule has 0 heterocycles. The van der Waals surface area contributed by atoms with Gasteiger partial charge in [-0.25, -0.2) is 0 Å². The van der Waals surface area contributed by atoms with Crippen LogP contribution in [0, 0.1) is 6.92 Å². The van der Waals surface area contributed by atoms with Gasteiger partial charge in [0, 0.05) is 10.0 Å². The number of hydrogen-bond acceptors (Lipinski definition) is 3. The van der Waals surface area contributed by atoms with Gasteiger partial charge in [0.25, 0.3) is 5.91 Å². The largest absolute Gasteiger partial charge is 0.507 e. The molecule has 6 heteroatoms. The van der Waals surface area contributed by atoms with Crippen molar-refractivity contribution in [3.8, 4) is 11.5 Å². The first-order chi connectivity index (χ1) is 12.9. The van der Waals surface area contributed by atoms with Gasteiger partial charge in [-0.1, -0.05) is 53.0 Å². The zero-order valence-corrected chi connectivity index (χ0v) is 16.0. The fraction of sp³-hybridized carbons (Fsp3) is 0.0952. The SMILES string of the molecule is Cc1ccc(COc2ccc(Cl)cc2NC(=O)c2cc(Cl)ccc2O)cc1. The summed E-state index contributed by atoms with van der Waals surface area (Å²) in [4.78, 5) is 12.5. The van der Waals surface area contributed by atoms with Crippen molar-refractivity contribution in [2.45, 2.75) is 13.5 Å². The molecule has 138 valence electrons. The Morgan fingerprint density at radius 3 is 2.41 bits per heavy atom. The molecule has 3 aromatic carbocycles. The maximum absolute atomic E-state index is 12.5. The number of nitrogens with one attached hydrogen (secondary N) is 1. The summed E-state index contributed by atoms with van der Waals surface area (Å²) in [6, 6.07) is 17.2. The van der Waals surface area contributed by atoms with Crippen molar-refractivity contribution in [2.24, 2.45) is 0 Å². The molecule has 0 saturated carbocycles. The minimum absolute atomic E-state index is 0.0620. The van der Waals surface area contributed by atoms with Crippen LogP contribution in [0.1, 0.15) is 21.5 Å². The molecule has 0 aromatic heterocycles. The number of carbonyl (C=O) groups excluding carboxylic acids is 1. The van der Waals surface area contributed by atoms with E-state index in [0.29, 0.717) is 28.1 Å². The molecule has 3 rings (SSSR count). The monoisotopic (exact) mass is 401 g/mol. The predicted octanol–water partition coefficient (Wildman–Crippen LogP) is 5.84. The highest BCUT2D eigenvalue weighted by Crippen LogP contribution is 2.30. The highest BCUT2D eigenvalue weighted by molar-refractivity contribution is 6.31. The van der Waals surface area contributed by atoms with Crippen LogP contribution >= 0.6 is 23.2 Å². The molecular weight excluding hydrogens is 385 g/mol. The number of ether oxygens (including phenoxy) is 1. The lowest BCUT2D eigenvalue weighted by Crippen LogP contribution is -2.13. The second-order valence-corrected chi connectivity index (χ2v) is 6.90. The lowest BCUT2D eigenvalue weighted by molar-refractivity contribution is 0.102. The van der Waals surface area contributed by atoms with Gasteiger partial charge in [0.1, 0.15) is 18.1 Å². The fourth-order valence-electron chi connectivity index (χ4n) is 2.45. The zero-order valence-electron chi connectivity index (χ0n) is 14.5. The van der Waals surface area contributed by atoms with E-state index < -0.39 is 5.91 Å². The number of rotatable bonds is 5. The number of phenols is 1. The highest BCUT2D eigenvalue weighted by Gasteiger charge is 2.15. The number of phenolic OH excluding ortho intramolecular Hbond substituents is 1. The number of benzene rings is 3. The third-order valence-electron chi connectivity index (χ3n) is 3.91. The Bertz CT molecular complexity index is 972. The lowest BCUT2D eigenvalue weighted by atomic mass is 10.1. The third-order valence-corrected chi connectivity index (χ3v) is 4.38. The van der Waals surface area contributed by atoms with Crippen LogP contribution in [-0.4, -0.2) is 11.0 Å². The van der Waals surface area contributed by atoms with Crippen LogP contribution in [0.25, 0.3) is 0 Å². The molecule has 0 aliphatic heterocycles. The molecule has 27 heavy (non-hydrogen) atoms. The topological polar surface area (TPSA) is 58.6 Å². The van der Waals surface area contributed by atoms with Crippen LogP contribution in [0.2, 0.25) is 10.0 Å². The van der Waals surface area contributed by atoms with E-state index in [9.17, 15) is 9.90 Å². The zero-order chi connectivity index (χ0) is 19.4. The van der Waals surface area contributed by atoms with E-state index in [1.165, 1.54) is 23.8 Å². The summed E-state index contributed by atoms with van der Waals surface area (Å²) >= 11 is 12.0.